The summed E-state index contributed by atoms with van der Waals surface area (Å²) in [5.74, 6) is 0.879. The van der Waals surface area contributed by atoms with Crippen LogP contribution < -0.4 is 10.6 Å². The lowest BCUT2D eigenvalue weighted by Gasteiger charge is -2.19. The minimum absolute atomic E-state index is 0. The summed E-state index contributed by atoms with van der Waals surface area (Å²) in [6.07, 6.45) is 4.79. The van der Waals surface area contributed by atoms with Crippen LogP contribution in [0.15, 0.2) is 35.3 Å². The van der Waals surface area contributed by atoms with Gasteiger partial charge in [-0.15, -0.1) is 24.0 Å². The molecule has 0 aliphatic heterocycles. The van der Waals surface area contributed by atoms with Gasteiger partial charge in [0.1, 0.15) is 0 Å². The Morgan fingerprint density at radius 3 is 2.56 bits per heavy atom. The van der Waals surface area contributed by atoms with Gasteiger partial charge in [0.15, 0.2) is 5.96 Å². The summed E-state index contributed by atoms with van der Waals surface area (Å²) in [7, 11) is 1.82. The van der Waals surface area contributed by atoms with E-state index < -0.39 is 0 Å². The van der Waals surface area contributed by atoms with Crippen LogP contribution in [-0.2, 0) is 9.47 Å². The van der Waals surface area contributed by atoms with Gasteiger partial charge in [-0.3, -0.25) is 4.99 Å². The van der Waals surface area contributed by atoms with Crippen molar-refractivity contribution in [1.29, 1.82) is 0 Å². The molecule has 2 N–H and O–H groups in total. The lowest BCUT2D eigenvalue weighted by Crippen LogP contribution is -2.41. The minimum atomic E-state index is 0. The second kappa shape index (κ2) is 13.3. The fourth-order valence-corrected chi connectivity index (χ4v) is 2.98. The topological polar surface area (TPSA) is 54.9 Å². The van der Waals surface area contributed by atoms with Crippen LogP contribution in [0.1, 0.15) is 51.2 Å². The second-order valence-corrected chi connectivity index (χ2v) is 7.08. The predicted octanol–water partition coefficient (Wildman–Crippen LogP) is 4.14. The molecule has 6 heteroatoms. The fourth-order valence-electron chi connectivity index (χ4n) is 2.98. The number of benzene rings is 1. The molecule has 5 nitrogen and oxygen atoms in total. The van der Waals surface area contributed by atoms with Crippen LogP contribution in [0.4, 0.5) is 0 Å². The molecule has 0 radical (unpaired) electrons. The number of nitrogens with one attached hydrogen (secondary N) is 2. The Labute approximate surface area is 181 Å². The van der Waals surface area contributed by atoms with Gasteiger partial charge in [-0.25, -0.2) is 0 Å². The van der Waals surface area contributed by atoms with Crippen molar-refractivity contribution in [2.75, 3.05) is 40.0 Å². The lowest BCUT2D eigenvalue weighted by atomic mass is 10.0. The third kappa shape index (κ3) is 9.25. The molecule has 0 saturated heterocycles. The SMILES string of the molecule is CCOCCC1(CNC(=NC)NCCCOC(C)c2ccccc2)CC1.I. The number of nitrogens with zero attached hydrogens (tertiary/aromatic N) is 1. The standard InChI is InChI=1S/C21H35N3O2.HI/c1-4-25-16-13-21(11-12-21)17-24-20(22-3)23-14-8-15-26-18(2)19-9-6-5-7-10-19;/h5-7,9-10,18H,4,8,11-17H2,1-3H3,(H2,22,23,24);1H. The third-order valence-electron chi connectivity index (χ3n) is 5.04. The van der Waals surface area contributed by atoms with Crippen LogP contribution >= 0.6 is 24.0 Å². The van der Waals surface area contributed by atoms with Gasteiger partial charge < -0.3 is 20.1 Å². The highest BCUT2D eigenvalue weighted by Gasteiger charge is 2.41. The molecular weight excluding hydrogens is 453 g/mol. The minimum Gasteiger partial charge on any atom is -0.382 e. The number of aliphatic imine (C=N–C) groups is 1. The largest absolute Gasteiger partial charge is 0.382 e. The van der Waals surface area contributed by atoms with Gasteiger partial charge in [0.2, 0.25) is 0 Å². The van der Waals surface area contributed by atoms with Crippen LogP contribution in [0.2, 0.25) is 0 Å². The van der Waals surface area contributed by atoms with Crippen LogP contribution in [0.3, 0.4) is 0 Å². The molecule has 1 aromatic carbocycles. The van der Waals surface area contributed by atoms with Gasteiger partial charge in [0.25, 0.3) is 0 Å². The first-order valence-electron chi connectivity index (χ1n) is 9.88. The Hall–Kier alpha value is -0.860. The molecular formula is C21H36IN3O2. The zero-order chi connectivity index (χ0) is 18.7. The Kier molecular flexibility index (Phi) is 11.9. The van der Waals surface area contributed by atoms with Gasteiger partial charge in [-0.2, -0.15) is 0 Å². The molecule has 2 rings (SSSR count). The van der Waals surface area contributed by atoms with Crippen molar-refractivity contribution in [3.8, 4) is 0 Å². The summed E-state index contributed by atoms with van der Waals surface area (Å²) in [5.41, 5.74) is 1.64. The van der Waals surface area contributed by atoms with Crippen molar-refractivity contribution in [2.45, 2.75) is 45.6 Å². The second-order valence-electron chi connectivity index (χ2n) is 7.08. The van der Waals surface area contributed by atoms with E-state index in [1.54, 1.807) is 0 Å². The summed E-state index contributed by atoms with van der Waals surface area (Å²) >= 11 is 0. The smallest absolute Gasteiger partial charge is 0.190 e. The Balaban J connectivity index is 0.00000364. The van der Waals surface area contributed by atoms with Gasteiger partial charge in [-0.1, -0.05) is 30.3 Å². The van der Waals surface area contributed by atoms with E-state index in [-0.39, 0.29) is 30.1 Å². The van der Waals surface area contributed by atoms with E-state index >= 15 is 0 Å². The highest BCUT2D eigenvalue weighted by molar-refractivity contribution is 14.0. The number of rotatable bonds is 12. The molecule has 1 fully saturated rings. The molecule has 0 heterocycles. The van der Waals surface area contributed by atoms with Crippen molar-refractivity contribution < 1.29 is 9.47 Å². The van der Waals surface area contributed by atoms with Crippen molar-refractivity contribution in [1.82, 2.24) is 10.6 Å². The van der Waals surface area contributed by atoms with Crippen molar-refractivity contribution in [3.63, 3.8) is 0 Å². The highest BCUT2D eigenvalue weighted by Crippen LogP contribution is 2.48. The maximum atomic E-state index is 5.91. The Bertz CT molecular complexity index is 535. The average Bonchev–Trinajstić information content (AvgIpc) is 3.44. The molecule has 1 aliphatic carbocycles. The number of hydrogen-bond acceptors (Lipinski definition) is 3. The molecule has 1 aliphatic rings. The van der Waals surface area contributed by atoms with Crippen molar-refractivity contribution in [3.05, 3.63) is 35.9 Å². The average molecular weight is 489 g/mol. The Morgan fingerprint density at radius 1 is 1.19 bits per heavy atom. The molecule has 27 heavy (non-hydrogen) atoms. The van der Waals surface area contributed by atoms with Gasteiger partial charge in [0.05, 0.1) is 6.10 Å². The number of ether oxygens (including phenoxy) is 2. The molecule has 0 spiro atoms. The molecule has 0 aromatic heterocycles. The summed E-state index contributed by atoms with van der Waals surface area (Å²) in [6, 6.07) is 10.3. The molecule has 1 unspecified atom stereocenters. The summed E-state index contributed by atoms with van der Waals surface area (Å²) in [4.78, 5) is 4.32. The van der Waals surface area contributed by atoms with E-state index in [0.29, 0.717) is 5.41 Å². The molecule has 1 atom stereocenters. The van der Waals surface area contributed by atoms with Crippen molar-refractivity contribution >= 4 is 29.9 Å². The van der Waals surface area contributed by atoms with Crippen LogP contribution in [0.25, 0.3) is 0 Å². The summed E-state index contributed by atoms with van der Waals surface area (Å²) in [5, 5.41) is 6.85. The number of hydrogen-bond donors (Lipinski definition) is 2. The number of halogens is 1. The quantitative estimate of drug-likeness (QED) is 0.201. The van der Waals surface area contributed by atoms with E-state index in [4.69, 9.17) is 9.47 Å². The molecule has 0 amide bonds. The predicted molar refractivity (Wildman–Crippen MR) is 123 cm³/mol. The van der Waals surface area contributed by atoms with Crippen molar-refractivity contribution in [2.24, 2.45) is 10.4 Å². The molecule has 154 valence electrons. The maximum Gasteiger partial charge on any atom is 0.190 e. The summed E-state index contributed by atoms with van der Waals surface area (Å²) < 4.78 is 11.4. The number of guanidine groups is 1. The van der Waals surface area contributed by atoms with E-state index in [1.165, 1.54) is 18.4 Å². The first kappa shape index (κ1) is 24.2. The molecule has 0 bridgehead atoms. The Morgan fingerprint density at radius 2 is 1.93 bits per heavy atom. The fraction of sp³-hybridized carbons (Fsp3) is 0.667. The zero-order valence-corrected chi connectivity index (χ0v) is 19.3. The summed E-state index contributed by atoms with van der Waals surface area (Å²) in [6.45, 7) is 8.38. The first-order chi connectivity index (χ1) is 12.7. The highest BCUT2D eigenvalue weighted by atomic mass is 127. The normalized spacial score (nSPS) is 16.3. The molecule has 1 aromatic rings. The zero-order valence-electron chi connectivity index (χ0n) is 17.0. The third-order valence-corrected chi connectivity index (χ3v) is 5.04. The first-order valence-corrected chi connectivity index (χ1v) is 9.88. The van der Waals surface area contributed by atoms with Crippen LogP contribution in [0.5, 0.6) is 0 Å². The van der Waals surface area contributed by atoms with Crippen LogP contribution in [-0.4, -0.2) is 45.9 Å². The van der Waals surface area contributed by atoms with E-state index in [1.807, 2.05) is 32.2 Å². The maximum absolute atomic E-state index is 5.91. The van der Waals surface area contributed by atoms with E-state index in [2.05, 4.69) is 34.7 Å². The van der Waals surface area contributed by atoms with Gasteiger partial charge in [0, 0.05) is 40.0 Å². The van der Waals surface area contributed by atoms with E-state index in [9.17, 15) is 0 Å². The molecule has 1 saturated carbocycles. The van der Waals surface area contributed by atoms with Crippen LogP contribution in [0, 0.1) is 5.41 Å². The lowest BCUT2D eigenvalue weighted by molar-refractivity contribution is 0.0646. The van der Waals surface area contributed by atoms with Gasteiger partial charge >= 0.3 is 0 Å². The van der Waals surface area contributed by atoms with Gasteiger partial charge in [-0.05, 0) is 50.5 Å². The monoisotopic (exact) mass is 489 g/mol. The van der Waals surface area contributed by atoms with E-state index in [0.717, 1.165) is 51.7 Å².